The molecule has 0 heterocycles. The molecule has 0 aliphatic rings. The van der Waals surface area contributed by atoms with Crippen molar-refractivity contribution in [3.8, 4) is 0 Å². The minimum atomic E-state index is 0. The molecule has 0 unspecified atom stereocenters. The molecular formula is H4BaCoFeSr. The third kappa shape index (κ3) is 9.42. The molecule has 0 aromatic carbocycles. The van der Waals surface area contributed by atoms with Crippen LogP contribution in [-0.4, -0.2) is 94.4 Å². The summed E-state index contributed by atoms with van der Waals surface area (Å²) in [6.07, 6.45) is 0. The van der Waals surface area contributed by atoms with Gasteiger partial charge in [0.05, 0.1) is 0 Å². The van der Waals surface area contributed by atoms with Gasteiger partial charge in [-0.15, -0.1) is 0 Å². The Bertz CT molecular complexity index is 16.0. The molecule has 0 rings (SSSR count). The Morgan fingerprint density at radius 1 is 1.25 bits per heavy atom. The predicted octanol–water partition coefficient (Wildman–Crippen LogP) is -0.317. The van der Waals surface area contributed by atoms with Crippen LogP contribution in [0.1, 0.15) is 5.71 Å². The van der Waals surface area contributed by atoms with E-state index in [0.717, 1.165) is 0 Å². The molecule has 0 fully saturated rings. The minimum absolute atomic E-state index is 0. The van der Waals surface area contributed by atoms with Crippen LogP contribution in [0.4, 0.5) is 0 Å². The Morgan fingerprint density at radius 3 is 1.25 bits per heavy atom. The zero-order chi connectivity index (χ0) is 0. The van der Waals surface area contributed by atoms with E-state index in [4.69, 9.17) is 0 Å². The van der Waals surface area contributed by atoms with Gasteiger partial charge in [-0.25, -0.2) is 0 Å². The van der Waals surface area contributed by atoms with Crippen molar-refractivity contribution in [1.82, 2.24) is 0 Å². The second kappa shape index (κ2) is 15.7. The van der Waals surface area contributed by atoms with Gasteiger partial charge in [0.25, 0.3) is 0 Å². The van der Waals surface area contributed by atoms with Crippen LogP contribution in [0.2, 0.25) is 0 Å². The molecule has 25 valence electrons. The predicted molar refractivity (Wildman–Crippen MR) is 16.0 cm³/mol. The maximum atomic E-state index is 0. The molecule has 0 bridgehead atoms. The third-order valence-electron chi connectivity index (χ3n) is 0. The first-order chi connectivity index (χ1) is 0. The first-order valence-corrected chi connectivity index (χ1v) is 0. The summed E-state index contributed by atoms with van der Waals surface area (Å²) in [6.45, 7) is 0. The molecule has 0 aliphatic carbocycles. The summed E-state index contributed by atoms with van der Waals surface area (Å²) in [7, 11) is 0. The SMILES string of the molecule is [Ba+2].[Co].[Fe].[H-].[H-].[H-].[H-].[Sr+2]. The molecule has 0 nitrogen and oxygen atoms in total. The summed E-state index contributed by atoms with van der Waals surface area (Å²) >= 11 is 0. The Balaban J connectivity index is 0. The second-order valence-corrected chi connectivity index (χ2v) is 0. The fourth-order valence-corrected chi connectivity index (χ4v) is 0. The maximum Gasteiger partial charge on any atom is 2.00 e. The number of hydrogen-bond acceptors (Lipinski definition) is 0. The quantitative estimate of drug-likeness (QED) is 0.529. The van der Waals surface area contributed by atoms with E-state index in [1.165, 1.54) is 0 Å². The van der Waals surface area contributed by atoms with Crippen LogP contribution in [0.15, 0.2) is 0 Å². The van der Waals surface area contributed by atoms with Gasteiger partial charge in [0, 0.05) is 33.8 Å². The summed E-state index contributed by atoms with van der Waals surface area (Å²) in [5.74, 6) is 0. The third-order valence-corrected chi connectivity index (χ3v) is 0. The first kappa shape index (κ1) is 24.3. The summed E-state index contributed by atoms with van der Waals surface area (Å²) in [5.41, 5.74) is 0. The van der Waals surface area contributed by atoms with Crippen LogP contribution in [0, 0.1) is 0 Å². The van der Waals surface area contributed by atoms with Crippen LogP contribution in [-0.2, 0) is 33.8 Å². The van der Waals surface area contributed by atoms with E-state index in [1.807, 2.05) is 0 Å². The molecule has 4 heavy (non-hydrogen) atoms. The van der Waals surface area contributed by atoms with E-state index in [2.05, 4.69) is 0 Å². The van der Waals surface area contributed by atoms with Gasteiger partial charge in [0.1, 0.15) is 0 Å². The Labute approximate surface area is 130 Å². The fourth-order valence-electron chi connectivity index (χ4n) is 0. The molecule has 0 aromatic heterocycles. The smallest absolute Gasteiger partial charge is 1.00 e. The number of rotatable bonds is 0. The maximum absolute atomic E-state index is 0. The molecule has 0 saturated carbocycles. The van der Waals surface area contributed by atoms with Crippen molar-refractivity contribution in [2.24, 2.45) is 0 Å². The topological polar surface area (TPSA) is 0 Å². The van der Waals surface area contributed by atoms with Crippen LogP contribution in [0.25, 0.3) is 0 Å². The van der Waals surface area contributed by atoms with Gasteiger partial charge in [-0.1, -0.05) is 0 Å². The molecule has 0 aromatic rings. The molecule has 1 radical (unpaired) electrons. The molecule has 0 atom stereocenters. The standard InChI is InChI=1S/Ba.Co.Fe.Sr.4H/q+2;;;+2;4*-1. The largest absolute Gasteiger partial charge is 2.00 e. The van der Waals surface area contributed by atoms with E-state index in [-0.39, 0.29) is 134 Å². The molecule has 0 spiro atoms. The van der Waals surface area contributed by atoms with Crippen LogP contribution in [0.3, 0.4) is 0 Å². The summed E-state index contributed by atoms with van der Waals surface area (Å²) in [5, 5.41) is 0. The summed E-state index contributed by atoms with van der Waals surface area (Å²) < 4.78 is 0. The normalized spacial score (nSPS) is 0. The number of hydrogen-bond donors (Lipinski definition) is 0. The van der Waals surface area contributed by atoms with Crippen LogP contribution in [0.5, 0.6) is 0 Å². The summed E-state index contributed by atoms with van der Waals surface area (Å²) in [6, 6.07) is 0. The zero-order valence-corrected chi connectivity index (χ0v) is 12.2. The molecule has 4 heteroatoms. The van der Waals surface area contributed by atoms with Crippen LogP contribution < -0.4 is 0 Å². The van der Waals surface area contributed by atoms with E-state index < -0.39 is 0 Å². The Hall–Kier alpha value is 4.08. The molecule has 0 N–H and O–H groups in total. The van der Waals surface area contributed by atoms with Crippen molar-refractivity contribution in [2.75, 3.05) is 0 Å². The first-order valence-electron chi connectivity index (χ1n) is 0. The monoisotopic (exact) mass is 345 g/mol. The van der Waals surface area contributed by atoms with Crippen molar-refractivity contribution < 1.29 is 39.6 Å². The summed E-state index contributed by atoms with van der Waals surface area (Å²) in [4.78, 5) is 0. The van der Waals surface area contributed by atoms with E-state index in [9.17, 15) is 0 Å². The van der Waals surface area contributed by atoms with E-state index in [1.54, 1.807) is 0 Å². The van der Waals surface area contributed by atoms with Crippen molar-refractivity contribution in [1.29, 1.82) is 0 Å². The molecule has 0 saturated heterocycles. The van der Waals surface area contributed by atoms with Gasteiger partial charge in [-0.05, 0) is 0 Å². The van der Waals surface area contributed by atoms with Crippen molar-refractivity contribution in [2.45, 2.75) is 0 Å². The molecule has 0 amide bonds. The van der Waals surface area contributed by atoms with Crippen molar-refractivity contribution >= 4 is 94.4 Å². The van der Waals surface area contributed by atoms with Gasteiger partial charge in [0.2, 0.25) is 0 Å². The van der Waals surface area contributed by atoms with E-state index >= 15 is 0 Å². The average Bonchev–Trinajstić information content (AvgIpc) is 0. The second-order valence-electron chi connectivity index (χ2n) is 0. The van der Waals surface area contributed by atoms with Gasteiger partial charge in [0.15, 0.2) is 0 Å². The Morgan fingerprint density at radius 2 is 1.25 bits per heavy atom. The van der Waals surface area contributed by atoms with Gasteiger partial charge in [-0.2, -0.15) is 0 Å². The zero-order valence-electron chi connectivity index (χ0n) is 6.10. The average molecular weight is 344 g/mol. The molecular weight excluding hydrogens is 340 g/mol. The van der Waals surface area contributed by atoms with Crippen LogP contribution >= 0.6 is 0 Å². The minimum Gasteiger partial charge on any atom is -1.00 e. The van der Waals surface area contributed by atoms with Gasteiger partial charge in [-0.3, -0.25) is 0 Å². The van der Waals surface area contributed by atoms with E-state index in [0.29, 0.717) is 0 Å². The van der Waals surface area contributed by atoms with Gasteiger partial charge < -0.3 is 5.71 Å². The molecule has 0 aliphatic heterocycles. The van der Waals surface area contributed by atoms with Crippen molar-refractivity contribution in [3.05, 3.63) is 0 Å². The van der Waals surface area contributed by atoms with Crippen molar-refractivity contribution in [3.63, 3.8) is 0 Å². The van der Waals surface area contributed by atoms with Gasteiger partial charge >= 0.3 is 94.4 Å². The Kier molecular flexibility index (Phi) is 95.7. The fraction of sp³-hybridized carbons (Fsp3) is 0.